The summed E-state index contributed by atoms with van der Waals surface area (Å²) in [6.07, 6.45) is 1.35. The van der Waals surface area contributed by atoms with Gasteiger partial charge in [0.15, 0.2) is 11.5 Å². The van der Waals surface area contributed by atoms with Crippen LogP contribution in [-0.4, -0.2) is 25.0 Å². The van der Waals surface area contributed by atoms with E-state index in [-0.39, 0.29) is 23.7 Å². The summed E-state index contributed by atoms with van der Waals surface area (Å²) in [5.41, 5.74) is 1.15. The number of amides is 4. The Bertz CT molecular complexity index is 1310. The molecule has 172 valence electrons. The van der Waals surface area contributed by atoms with Gasteiger partial charge in [-0.25, -0.2) is 14.1 Å². The van der Waals surface area contributed by atoms with Crippen molar-refractivity contribution in [3.05, 3.63) is 94.3 Å². The summed E-state index contributed by atoms with van der Waals surface area (Å²) in [5.74, 6) is -1.21. The third kappa shape index (κ3) is 4.92. The van der Waals surface area contributed by atoms with Gasteiger partial charge in [0, 0.05) is 5.02 Å². The lowest BCUT2D eigenvalue weighted by Gasteiger charge is -2.26. The molecule has 0 aromatic heterocycles. The van der Waals surface area contributed by atoms with E-state index in [1.54, 1.807) is 30.3 Å². The third-order valence-electron chi connectivity index (χ3n) is 4.97. The Balaban J connectivity index is 1.59. The summed E-state index contributed by atoms with van der Waals surface area (Å²) in [5, 5.41) is 2.60. The number of anilines is 1. The monoisotopic (exact) mass is 480 g/mol. The summed E-state index contributed by atoms with van der Waals surface area (Å²) in [6, 6.07) is 16.1. The van der Waals surface area contributed by atoms with Crippen molar-refractivity contribution in [2.75, 3.05) is 12.0 Å². The van der Waals surface area contributed by atoms with Gasteiger partial charge in [-0.3, -0.25) is 14.9 Å². The molecule has 1 N–H and O–H groups in total. The van der Waals surface area contributed by atoms with Crippen molar-refractivity contribution in [3.63, 3.8) is 0 Å². The van der Waals surface area contributed by atoms with Gasteiger partial charge in [0.2, 0.25) is 0 Å². The number of benzene rings is 3. The largest absolute Gasteiger partial charge is 0.493 e. The van der Waals surface area contributed by atoms with Crippen LogP contribution < -0.4 is 19.7 Å². The molecule has 0 spiro atoms. The van der Waals surface area contributed by atoms with Crippen LogP contribution in [0.25, 0.3) is 6.08 Å². The molecule has 3 aromatic rings. The second kappa shape index (κ2) is 9.76. The molecule has 9 heteroatoms. The molecule has 1 heterocycles. The number of halogens is 2. The van der Waals surface area contributed by atoms with Gasteiger partial charge in [0.05, 0.1) is 12.8 Å². The van der Waals surface area contributed by atoms with Gasteiger partial charge in [-0.05, 0) is 65.7 Å². The topological polar surface area (TPSA) is 84.9 Å². The predicted octanol–water partition coefficient (Wildman–Crippen LogP) is 4.73. The van der Waals surface area contributed by atoms with Crippen LogP contribution in [0.1, 0.15) is 11.1 Å². The van der Waals surface area contributed by atoms with E-state index in [0.717, 1.165) is 4.90 Å². The summed E-state index contributed by atoms with van der Waals surface area (Å²) < 4.78 is 24.5. The van der Waals surface area contributed by atoms with Crippen molar-refractivity contribution in [3.8, 4) is 11.5 Å². The number of urea groups is 1. The lowest BCUT2D eigenvalue weighted by Crippen LogP contribution is -2.54. The number of carbonyl (C=O) groups excluding carboxylic acids is 3. The Labute approximate surface area is 199 Å². The first-order chi connectivity index (χ1) is 16.4. The molecule has 0 atom stereocenters. The van der Waals surface area contributed by atoms with Crippen LogP contribution in [0, 0.1) is 5.82 Å². The normalized spacial score (nSPS) is 14.9. The number of rotatable bonds is 6. The second-order valence-corrected chi connectivity index (χ2v) is 7.70. The van der Waals surface area contributed by atoms with Crippen LogP contribution in [0.2, 0.25) is 5.02 Å². The molecule has 1 aliphatic heterocycles. The first kappa shape index (κ1) is 23.0. The minimum atomic E-state index is -0.854. The number of nitrogens with zero attached hydrogens (tertiary/aromatic N) is 1. The van der Waals surface area contributed by atoms with Crippen LogP contribution >= 0.6 is 11.6 Å². The van der Waals surface area contributed by atoms with E-state index < -0.39 is 17.8 Å². The zero-order valence-electron chi connectivity index (χ0n) is 17.9. The maximum atomic E-state index is 13.4. The second-order valence-electron chi connectivity index (χ2n) is 7.26. The third-order valence-corrected chi connectivity index (χ3v) is 5.22. The smallest absolute Gasteiger partial charge is 0.335 e. The van der Waals surface area contributed by atoms with Crippen molar-refractivity contribution >= 4 is 41.2 Å². The SMILES string of the molecule is COc1cc(/C=C2\C(=O)NC(=O)N(c3ccc(Cl)cc3)C2=O)ccc1OCc1cccc(F)c1. The number of imide groups is 2. The fourth-order valence-electron chi connectivity index (χ4n) is 3.33. The van der Waals surface area contributed by atoms with E-state index in [0.29, 0.717) is 27.6 Å². The predicted molar refractivity (Wildman–Crippen MR) is 124 cm³/mol. The highest BCUT2D eigenvalue weighted by molar-refractivity contribution is 6.39. The van der Waals surface area contributed by atoms with E-state index in [1.807, 2.05) is 0 Å². The average molecular weight is 481 g/mol. The highest BCUT2D eigenvalue weighted by atomic mass is 35.5. The summed E-state index contributed by atoms with van der Waals surface area (Å²) in [6.45, 7) is 0.119. The van der Waals surface area contributed by atoms with Crippen molar-refractivity contribution in [2.24, 2.45) is 0 Å². The molecule has 1 fully saturated rings. The first-order valence-corrected chi connectivity index (χ1v) is 10.5. The number of hydrogen-bond donors (Lipinski definition) is 1. The van der Waals surface area contributed by atoms with Crippen LogP contribution in [0.5, 0.6) is 11.5 Å². The standard InChI is InChI=1S/C25H18ClFN2O5/c1-33-22-13-15(5-10-21(22)34-14-16-3-2-4-18(27)11-16)12-20-23(30)28-25(32)29(24(20)31)19-8-6-17(26)7-9-19/h2-13H,14H2,1H3,(H,28,30,32)/b20-12+. The summed E-state index contributed by atoms with van der Waals surface area (Å²) in [7, 11) is 1.45. The zero-order valence-corrected chi connectivity index (χ0v) is 18.6. The number of ether oxygens (including phenoxy) is 2. The number of nitrogens with one attached hydrogen (secondary N) is 1. The lowest BCUT2D eigenvalue weighted by molar-refractivity contribution is -0.122. The van der Waals surface area contributed by atoms with Crippen molar-refractivity contribution in [1.82, 2.24) is 5.32 Å². The Morgan fingerprint density at radius 2 is 1.76 bits per heavy atom. The Morgan fingerprint density at radius 1 is 1.00 bits per heavy atom. The molecule has 0 aliphatic carbocycles. The van der Waals surface area contributed by atoms with Crippen molar-refractivity contribution < 1.29 is 28.2 Å². The van der Waals surface area contributed by atoms with Crippen molar-refractivity contribution in [1.29, 1.82) is 0 Å². The fourth-order valence-corrected chi connectivity index (χ4v) is 3.46. The minimum Gasteiger partial charge on any atom is -0.493 e. The van der Waals surface area contributed by atoms with E-state index in [2.05, 4.69) is 5.32 Å². The number of barbiturate groups is 1. The van der Waals surface area contributed by atoms with E-state index in [1.165, 1.54) is 49.6 Å². The van der Waals surface area contributed by atoms with Gasteiger partial charge in [-0.2, -0.15) is 0 Å². The van der Waals surface area contributed by atoms with E-state index in [9.17, 15) is 18.8 Å². The molecule has 3 aromatic carbocycles. The highest BCUT2D eigenvalue weighted by Gasteiger charge is 2.36. The number of carbonyl (C=O) groups is 3. The molecule has 1 aliphatic rings. The van der Waals surface area contributed by atoms with Crippen LogP contribution in [0.4, 0.5) is 14.9 Å². The molecule has 0 bridgehead atoms. The average Bonchev–Trinajstić information content (AvgIpc) is 2.82. The quantitative estimate of drug-likeness (QED) is 0.407. The lowest BCUT2D eigenvalue weighted by atomic mass is 10.1. The number of hydrogen-bond acceptors (Lipinski definition) is 5. The first-order valence-electron chi connectivity index (χ1n) is 10.1. The van der Waals surface area contributed by atoms with E-state index in [4.69, 9.17) is 21.1 Å². The van der Waals surface area contributed by atoms with Crippen LogP contribution in [0.15, 0.2) is 72.3 Å². The zero-order chi connectivity index (χ0) is 24.2. The minimum absolute atomic E-state index is 0.119. The van der Waals surface area contributed by atoms with Crippen molar-refractivity contribution in [2.45, 2.75) is 6.61 Å². The molecule has 0 radical (unpaired) electrons. The van der Waals surface area contributed by atoms with E-state index >= 15 is 0 Å². The molecule has 0 saturated carbocycles. The van der Waals surface area contributed by atoms with Gasteiger partial charge in [-0.15, -0.1) is 0 Å². The molecular weight excluding hydrogens is 463 g/mol. The summed E-state index contributed by atoms with van der Waals surface area (Å²) >= 11 is 5.88. The molecule has 34 heavy (non-hydrogen) atoms. The summed E-state index contributed by atoms with van der Waals surface area (Å²) in [4.78, 5) is 38.6. The van der Waals surface area contributed by atoms with Gasteiger partial charge >= 0.3 is 6.03 Å². The van der Waals surface area contributed by atoms with Gasteiger partial charge in [-0.1, -0.05) is 29.8 Å². The van der Waals surface area contributed by atoms with Gasteiger partial charge in [0.25, 0.3) is 11.8 Å². The molecule has 4 rings (SSSR count). The highest BCUT2D eigenvalue weighted by Crippen LogP contribution is 2.30. The van der Waals surface area contributed by atoms with Gasteiger partial charge in [0.1, 0.15) is 18.0 Å². The molecule has 1 saturated heterocycles. The molecular formula is C25H18ClFN2O5. The Kier molecular flexibility index (Phi) is 6.60. The van der Waals surface area contributed by atoms with Crippen LogP contribution in [0.3, 0.4) is 0 Å². The fraction of sp³-hybridized carbons (Fsp3) is 0.0800. The molecule has 4 amide bonds. The van der Waals surface area contributed by atoms with Gasteiger partial charge < -0.3 is 9.47 Å². The maximum absolute atomic E-state index is 13.4. The van der Waals surface area contributed by atoms with Crippen LogP contribution in [-0.2, 0) is 16.2 Å². The molecule has 0 unspecified atom stereocenters. The maximum Gasteiger partial charge on any atom is 0.335 e. The Morgan fingerprint density at radius 3 is 2.47 bits per heavy atom. The Hall–Kier alpha value is -4.17. The molecule has 7 nitrogen and oxygen atoms in total. The number of methoxy groups -OCH3 is 1.